The fourth-order valence-corrected chi connectivity index (χ4v) is 5.64. The molecule has 0 amide bonds. The Kier molecular flexibility index (Phi) is 7.09. The van der Waals surface area contributed by atoms with E-state index in [-0.39, 0.29) is 0 Å². The highest BCUT2D eigenvalue weighted by atomic mass is 15.0. The minimum atomic E-state index is 0.587. The van der Waals surface area contributed by atoms with Crippen LogP contribution in [0.4, 0.5) is 0 Å². The van der Waals surface area contributed by atoms with Crippen molar-refractivity contribution in [2.24, 2.45) is 0 Å². The Morgan fingerprint density at radius 1 is 0.326 bits per heavy atom. The van der Waals surface area contributed by atoms with Gasteiger partial charge < -0.3 is 0 Å². The fourth-order valence-electron chi connectivity index (χ4n) is 5.64. The Hall–Kier alpha value is -6.33. The molecule has 46 heavy (non-hydrogen) atoms. The molecule has 0 fully saturated rings. The Morgan fingerprint density at radius 2 is 0.870 bits per heavy atom. The summed E-state index contributed by atoms with van der Waals surface area (Å²) in [7, 11) is 0. The molecule has 8 rings (SSSR count). The lowest BCUT2D eigenvalue weighted by molar-refractivity contribution is 1.07. The number of fused-ring (bicyclic) bond motifs is 1. The third-order valence-corrected chi connectivity index (χ3v) is 7.98. The number of hydrogen-bond acceptors (Lipinski definition) is 5. The molecule has 0 radical (unpaired) electrons. The highest BCUT2D eigenvalue weighted by Crippen LogP contribution is 2.34. The normalized spacial score (nSPS) is 11.0. The van der Waals surface area contributed by atoms with Crippen molar-refractivity contribution >= 4 is 10.9 Å². The first-order valence-electron chi connectivity index (χ1n) is 15.2. The van der Waals surface area contributed by atoms with E-state index in [0.29, 0.717) is 17.5 Å². The SMILES string of the molecule is c1ccc(-c2ccnc(-c3cc(-c4cnc5ccccc5c4)cc(-c4nc(-c5ccccc5)nc(-c5ccccc5)n4)c3)c2)cc1. The summed E-state index contributed by atoms with van der Waals surface area (Å²) in [5.41, 5.74) is 9.73. The van der Waals surface area contributed by atoms with Gasteiger partial charge in [-0.3, -0.25) is 9.97 Å². The summed E-state index contributed by atoms with van der Waals surface area (Å²) in [4.78, 5) is 24.5. The Morgan fingerprint density at radius 3 is 1.54 bits per heavy atom. The number of para-hydroxylation sites is 1. The number of pyridine rings is 2. The maximum atomic E-state index is 5.03. The van der Waals surface area contributed by atoms with Crippen LogP contribution < -0.4 is 0 Å². The largest absolute Gasteiger partial charge is 0.256 e. The molecule has 5 nitrogen and oxygen atoms in total. The van der Waals surface area contributed by atoms with Crippen molar-refractivity contribution in [2.45, 2.75) is 0 Å². The van der Waals surface area contributed by atoms with Crippen molar-refractivity contribution in [1.82, 2.24) is 24.9 Å². The first kappa shape index (κ1) is 27.2. The van der Waals surface area contributed by atoms with E-state index in [4.69, 9.17) is 24.9 Å². The topological polar surface area (TPSA) is 64.5 Å². The zero-order valence-electron chi connectivity index (χ0n) is 24.8. The number of nitrogens with zero attached hydrogens (tertiary/aromatic N) is 5. The van der Waals surface area contributed by atoms with Gasteiger partial charge in [-0.2, -0.15) is 0 Å². The van der Waals surface area contributed by atoms with Crippen molar-refractivity contribution in [3.05, 3.63) is 164 Å². The summed E-state index contributed by atoms with van der Waals surface area (Å²) in [6, 6.07) is 51.4. The minimum Gasteiger partial charge on any atom is -0.256 e. The van der Waals surface area contributed by atoms with Crippen LogP contribution in [0.3, 0.4) is 0 Å². The van der Waals surface area contributed by atoms with Crippen LogP contribution in [0.1, 0.15) is 0 Å². The van der Waals surface area contributed by atoms with E-state index in [0.717, 1.165) is 61.1 Å². The van der Waals surface area contributed by atoms with Crippen molar-refractivity contribution in [1.29, 1.82) is 0 Å². The summed E-state index contributed by atoms with van der Waals surface area (Å²) in [6.07, 6.45) is 3.79. The molecule has 216 valence electrons. The summed E-state index contributed by atoms with van der Waals surface area (Å²) in [5, 5.41) is 1.08. The molecular formula is C41H27N5. The maximum absolute atomic E-state index is 5.03. The smallest absolute Gasteiger partial charge is 0.164 e. The van der Waals surface area contributed by atoms with Gasteiger partial charge in [-0.25, -0.2) is 15.0 Å². The molecule has 0 saturated carbocycles. The molecule has 0 unspecified atom stereocenters. The summed E-state index contributed by atoms with van der Waals surface area (Å²) in [6.45, 7) is 0. The van der Waals surface area contributed by atoms with Crippen molar-refractivity contribution in [3.63, 3.8) is 0 Å². The first-order valence-corrected chi connectivity index (χ1v) is 15.2. The van der Waals surface area contributed by atoms with Gasteiger partial charge in [0.15, 0.2) is 17.5 Å². The van der Waals surface area contributed by atoms with Crippen LogP contribution in [0, 0.1) is 0 Å². The van der Waals surface area contributed by atoms with E-state index in [1.807, 2.05) is 103 Å². The standard InChI is InChI=1S/C41H27N5/c1-4-12-28(13-5-1)31-20-21-42-38(26-31)34-23-33(36-22-32-18-10-11-19-37(32)43-27-36)24-35(25-34)41-45-39(29-14-6-2-7-15-29)44-40(46-41)30-16-8-3-9-17-30/h1-27H. The van der Waals surface area contributed by atoms with Crippen LogP contribution in [0.5, 0.6) is 0 Å². The Labute approximate surface area is 267 Å². The molecule has 0 aliphatic carbocycles. The molecule has 8 aromatic rings. The highest BCUT2D eigenvalue weighted by Gasteiger charge is 2.16. The van der Waals surface area contributed by atoms with E-state index < -0.39 is 0 Å². The van der Waals surface area contributed by atoms with E-state index in [9.17, 15) is 0 Å². The van der Waals surface area contributed by atoms with Crippen LogP contribution >= 0.6 is 0 Å². The fraction of sp³-hybridized carbons (Fsp3) is 0. The Bertz CT molecular complexity index is 2250. The number of hydrogen-bond donors (Lipinski definition) is 0. The quantitative estimate of drug-likeness (QED) is 0.193. The second-order valence-electron chi connectivity index (χ2n) is 11.0. The highest BCUT2D eigenvalue weighted by molar-refractivity contribution is 5.86. The van der Waals surface area contributed by atoms with Gasteiger partial charge in [0.2, 0.25) is 0 Å². The van der Waals surface area contributed by atoms with Crippen LogP contribution in [0.2, 0.25) is 0 Å². The first-order chi connectivity index (χ1) is 22.8. The van der Waals surface area contributed by atoms with Crippen LogP contribution in [0.15, 0.2) is 164 Å². The van der Waals surface area contributed by atoms with E-state index in [2.05, 4.69) is 60.7 Å². The molecule has 0 atom stereocenters. The van der Waals surface area contributed by atoms with Crippen molar-refractivity contribution in [2.75, 3.05) is 0 Å². The molecule has 0 bridgehead atoms. The zero-order valence-corrected chi connectivity index (χ0v) is 24.8. The lowest BCUT2D eigenvalue weighted by Crippen LogP contribution is -2.00. The average Bonchev–Trinajstić information content (AvgIpc) is 3.15. The van der Waals surface area contributed by atoms with E-state index >= 15 is 0 Å². The lowest BCUT2D eigenvalue weighted by Gasteiger charge is -2.13. The maximum Gasteiger partial charge on any atom is 0.164 e. The van der Waals surface area contributed by atoms with Gasteiger partial charge in [0.05, 0.1) is 11.2 Å². The summed E-state index contributed by atoms with van der Waals surface area (Å²) < 4.78 is 0. The number of aromatic nitrogens is 5. The number of benzene rings is 5. The second kappa shape index (κ2) is 12.0. The predicted octanol–water partition coefficient (Wildman–Crippen LogP) is 9.82. The van der Waals surface area contributed by atoms with Crippen LogP contribution in [0.25, 0.3) is 78.6 Å². The van der Waals surface area contributed by atoms with Gasteiger partial charge in [0.25, 0.3) is 0 Å². The molecule has 0 aliphatic rings. The molecule has 3 aromatic heterocycles. The molecule has 3 heterocycles. The van der Waals surface area contributed by atoms with Gasteiger partial charge in [0.1, 0.15) is 0 Å². The molecule has 0 aliphatic heterocycles. The van der Waals surface area contributed by atoms with Gasteiger partial charge >= 0.3 is 0 Å². The van der Waals surface area contributed by atoms with Gasteiger partial charge in [-0.1, -0.05) is 109 Å². The van der Waals surface area contributed by atoms with Crippen LogP contribution in [-0.4, -0.2) is 24.9 Å². The summed E-state index contributed by atoms with van der Waals surface area (Å²) >= 11 is 0. The van der Waals surface area contributed by atoms with Gasteiger partial charge in [0, 0.05) is 45.6 Å². The van der Waals surface area contributed by atoms with Gasteiger partial charge in [-0.05, 0) is 59.2 Å². The molecule has 5 aromatic carbocycles. The summed E-state index contributed by atoms with van der Waals surface area (Å²) in [5.74, 6) is 1.82. The monoisotopic (exact) mass is 589 g/mol. The molecule has 0 N–H and O–H groups in total. The van der Waals surface area contributed by atoms with E-state index in [1.54, 1.807) is 0 Å². The molecule has 0 spiro atoms. The van der Waals surface area contributed by atoms with E-state index in [1.165, 1.54) is 0 Å². The lowest BCUT2D eigenvalue weighted by atomic mass is 9.96. The molecule has 5 heteroatoms. The number of rotatable bonds is 6. The predicted molar refractivity (Wildman–Crippen MR) is 186 cm³/mol. The third kappa shape index (κ3) is 5.53. The zero-order chi connectivity index (χ0) is 30.7. The third-order valence-electron chi connectivity index (χ3n) is 7.98. The Balaban J connectivity index is 1.34. The van der Waals surface area contributed by atoms with Gasteiger partial charge in [-0.15, -0.1) is 0 Å². The van der Waals surface area contributed by atoms with Crippen molar-refractivity contribution < 1.29 is 0 Å². The van der Waals surface area contributed by atoms with Crippen molar-refractivity contribution in [3.8, 4) is 67.7 Å². The van der Waals surface area contributed by atoms with Crippen LogP contribution in [-0.2, 0) is 0 Å². The minimum absolute atomic E-state index is 0.587. The molecule has 0 saturated heterocycles. The average molecular weight is 590 g/mol. The second-order valence-corrected chi connectivity index (χ2v) is 11.0. The molecular weight excluding hydrogens is 562 g/mol.